The molecule has 0 saturated heterocycles. The van der Waals surface area contributed by atoms with Crippen molar-refractivity contribution >= 4 is 21.9 Å². The first-order valence-electron chi connectivity index (χ1n) is 16.1. The third kappa shape index (κ3) is 5.28. The van der Waals surface area contributed by atoms with Crippen LogP contribution in [-0.4, -0.2) is 24.2 Å². The van der Waals surface area contributed by atoms with E-state index in [1.54, 1.807) is 0 Å². The van der Waals surface area contributed by atoms with Crippen molar-refractivity contribution in [2.75, 3.05) is 0 Å². The third-order valence-corrected chi connectivity index (χ3v) is 9.21. The summed E-state index contributed by atoms with van der Waals surface area (Å²) >= 11 is 0. The Bertz CT molecular complexity index is 2090. The summed E-state index contributed by atoms with van der Waals surface area (Å²) in [5.74, 6) is 0.284. The number of aromatic nitrogens is 5. The number of phenolic OH excluding ortho intramolecular Hbond substituents is 1. The van der Waals surface area contributed by atoms with E-state index in [4.69, 9.17) is 4.98 Å². The summed E-state index contributed by atoms with van der Waals surface area (Å²) in [7, 11) is 0. The smallest absolute Gasteiger partial charge is 0.246 e. The van der Waals surface area contributed by atoms with Gasteiger partial charge in [0, 0.05) is 35.7 Å². The van der Waals surface area contributed by atoms with Gasteiger partial charge in [-0.3, -0.25) is 14.5 Å². The molecule has 6 rings (SSSR count). The van der Waals surface area contributed by atoms with E-state index in [0.717, 1.165) is 44.4 Å². The molecule has 238 valence electrons. The predicted molar refractivity (Wildman–Crippen MR) is 188 cm³/mol. The lowest BCUT2D eigenvalue weighted by molar-refractivity contribution is -0.744. The van der Waals surface area contributed by atoms with E-state index in [0.29, 0.717) is 0 Å². The van der Waals surface area contributed by atoms with Crippen molar-refractivity contribution in [1.82, 2.24) is 19.1 Å². The van der Waals surface area contributed by atoms with Gasteiger partial charge in [-0.15, -0.1) is 0 Å². The number of para-hydroxylation sites is 2. The highest BCUT2D eigenvalue weighted by Gasteiger charge is 2.32. The molecule has 0 saturated carbocycles. The number of hydrogen-bond donors (Lipinski definition) is 1. The molecule has 0 aliphatic heterocycles. The Kier molecular flexibility index (Phi) is 7.23. The molecule has 0 radical (unpaired) electrons. The fraction of sp³-hybridized carbons (Fsp3) is 0.375. The van der Waals surface area contributed by atoms with Crippen LogP contribution in [0.3, 0.4) is 0 Å². The van der Waals surface area contributed by atoms with Crippen molar-refractivity contribution in [3.8, 4) is 22.7 Å². The molecule has 46 heavy (non-hydrogen) atoms. The van der Waals surface area contributed by atoms with Crippen molar-refractivity contribution in [1.29, 1.82) is 0 Å². The van der Waals surface area contributed by atoms with Gasteiger partial charge in [0.15, 0.2) is 5.66 Å². The van der Waals surface area contributed by atoms with Crippen LogP contribution in [-0.2, 0) is 21.9 Å². The first-order chi connectivity index (χ1) is 21.4. The number of nitrogens with zero attached hydrogens (tertiary/aromatic N) is 5. The number of hydrogen-bond acceptors (Lipinski definition) is 3. The normalized spacial score (nSPS) is 13.2. The number of pyridine rings is 2. The topological polar surface area (TPSA) is 59.8 Å². The van der Waals surface area contributed by atoms with Crippen LogP contribution in [0.1, 0.15) is 92.9 Å². The van der Waals surface area contributed by atoms with Gasteiger partial charge in [-0.1, -0.05) is 98.7 Å². The van der Waals surface area contributed by atoms with Crippen LogP contribution in [0.4, 0.5) is 0 Å². The molecule has 0 unspecified atom stereocenters. The second kappa shape index (κ2) is 10.5. The number of rotatable bonds is 4. The summed E-state index contributed by atoms with van der Waals surface area (Å²) in [5.41, 5.74) is 8.11. The average molecular weight is 614 g/mol. The van der Waals surface area contributed by atoms with E-state index in [2.05, 4.69) is 151 Å². The molecule has 2 aromatic carbocycles. The summed E-state index contributed by atoms with van der Waals surface area (Å²) in [6, 6.07) is 19.0. The highest BCUT2D eigenvalue weighted by atomic mass is 16.3. The van der Waals surface area contributed by atoms with Gasteiger partial charge in [0.05, 0.1) is 27.9 Å². The van der Waals surface area contributed by atoms with E-state index in [9.17, 15) is 5.11 Å². The van der Waals surface area contributed by atoms with E-state index < -0.39 is 5.66 Å². The second-order valence-electron chi connectivity index (χ2n) is 16.1. The van der Waals surface area contributed by atoms with Crippen LogP contribution < -0.4 is 4.57 Å². The molecule has 4 heterocycles. The van der Waals surface area contributed by atoms with Crippen LogP contribution in [0.2, 0.25) is 0 Å². The predicted octanol–water partition coefficient (Wildman–Crippen LogP) is 8.97. The SMILES string of the molecule is CC(C)(C)c1ccnc(-c2cn(C(C)(C)[n+]3[c-]n(-c4cc(C(C)(C)C)cc(C(C)(C)C)c4O)c4ccccc43)c3ccncc23)c1. The van der Waals surface area contributed by atoms with Crippen LogP contribution in [0, 0.1) is 6.33 Å². The molecule has 1 N–H and O–H groups in total. The Morgan fingerprint density at radius 3 is 2.11 bits per heavy atom. The summed E-state index contributed by atoms with van der Waals surface area (Å²) in [4.78, 5) is 9.32. The van der Waals surface area contributed by atoms with Gasteiger partial charge in [0.25, 0.3) is 0 Å². The first-order valence-corrected chi connectivity index (χ1v) is 16.1. The lowest BCUT2D eigenvalue weighted by atomic mass is 9.79. The van der Waals surface area contributed by atoms with Crippen molar-refractivity contribution in [2.24, 2.45) is 0 Å². The van der Waals surface area contributed by atoms with E-state index >= 15 is 0 Å². The van der Waals surface area contributed by atoms with E-state index in [-0.39, 0.29) is 22.0 Å². The molecule has 0 fully saturated rings. The maximum atomic E-state index is 11.8. The number of phenols is 1. The Morgan fingerprint density at radius 1 is 0.739 bits per heavy atom. The second-order valence-corrected chi connectivity index (χ2v) is 16.1. The van der Waals surface area contributed by atoms with Crippen LogP contribution in [0.15, 0.2) is 79.4 Å². The lowest BCUT2D eigenvalue weighted by Crippen LogP contribution is -2.56. The summed E-state index contributed by atoms with van der Waals surface area (Å²) < 4.78 is 6.51. The molecule has 0 bridgehead atoms. The molecule has 0 aliphatic rings. The molecular weight excluding hydrogens is 566 g/mol. The zero-order valence-electron chi connectivity index (χ0n) is 29.2. The third-order valence-electron chi connectivity index (χ3n) is 9.21. The maximum Gasteiger partial charge on any atom is 0.246 e. The van der Waals surface area contributed by atoms with Crippen molar-refractivity contribution < 1.29 is 9.67 Å². The van der Waals surface area contributed by atoms with E-state index in [1.165, 1.54) is 11.1 Å². The van der Waals surface area contributed by atoms with Crippen LogP contribution in [0.5, 0.6) is 5.75 Å². The van der Waals surface area contributed by atoms with Gasteiger partial charge in [0.2, 0.25) is 6.33 Å². The zero-order chi connectivity index (χ0) is 33.4. The number of imidazole rings is 1. The van der Waals surface area contributed by atoms with Crippen LogP contribution >= 0.6 is 0 Å². The number of benzene rings is 2. The van der Waals surface area contributed by atoms with E-state index in [1.807, 2.05) is 29.2 Å². The van der Waals surface area contributed by atoms with Gasteiger partial charge >= 0.3 is 0 Å². The Hall–Kier alpha value is -4.45. The monoisotopic (exact) mass is 613 g/mol. The van der Waals surface area contributed by atoms with Crippen molar-refractivity contribution in [3.05, 3.63) is 102 Å². The van der Waals surface area contributed by atoms with Crippen molar-refractivity contribution in [3.63, 3.8) is 0 Å². The minimum absolute atomic E-state index is 0.00290. The molecule has 6 heteroatoms. The van der Waals surface area contributed by atoms with Gasteiger partial charge < -0.3 is 14.2 Å². The molecule has 0 spiro atoms. The summed E-state index contributed by atoms with van der Waals surface area (Å²) in [5, 5.41) is 12.9. The average Bonchev–Trinajstić information content (AvgIpc) is 3.56. The molecule has 6 aromatic rings. The maximum absolute atomic E-state index is 11.8. The highest BCUT2D eigenvalue weighted by Crippen LogP contribution is 2.41. The fourth-order valence-electron chi connectivity index (χ4n) is 6.33. The number of aromatic hydroxyl groups is 1. The standard InChI is InChI=1S/C40H47N5O/c1-37(2,3)26-16-19-42-31(21-26)29-24-44(32-17-18-41-23-28(29)32)40(10,11)45-25-43(33-14-12-13-15-34(33)45)35-22-27(38(4,5)6)20-30(36(35)46)39(7,8)9/h12-24,46H,1-11H3. The Labute approximate surface area is 273 Å². The van der Waals surface area contributed by atoms with Gasteiger partial charge in [-0.05, 0) is 65.0 Å². The first kappa shape index (κ1) is 31.5. The van der Waals surface area contributed by atoms with Crippen LogP contribution in [0.25, 0.3) is 38.9 Å². The molecule has 0 amide bonds. The highest BCUT2D eigenvalue weighted by molar-refractivity contribution is 5.94. The Morgan fingerprint density at radius 2 is 1.43 bits per heavy atom. The molecular formula is C40H47N5O. The number of fused-ring (bicyclic) bond motifs is 2. The summed E-state index contributed by atoms with van der Waals surface area (Å²) in [6.07, 6.45) is 11.6. The largest absolute Gasteiger partial charge is 0.513 e. The minimum atomic E-state index is -0.603. The molecule has 0 atom stereocenters. The Balaban J connectivity index is 1.60. The zero-order valence-corrected chi connectivity index (χ0v) is 29.2. The lowest BCUT2D eigenvalue weighted by Gasteiger charge is -2.28. The van der Waals surface area contributed by atoms with Crippen molar-refractivity contribution in [2.45, 2.75) is 98.1 Å². The van der Waals surface area contributed by atoms with Gasteiger partial charge in [-0.2, -0.15) is 0 Å². The van der Waals surface area contributed by atoms with Gasteiger partial charge in [0.1, 0.15) is 5.75 Å². The van der Waals surface area contributed by atoms with Gasteiger partial charge in [-0.25, -0.2) is 0 Å². The minimum Gasteiger partial charge on any atom is -0.513 e. The molecule has 0 aliphatic carbocycles. The quantitative estimate of drug-likeness (QED) is 0.159. The molecule has 4 aromatic heterocycles. The fourth-order valence-corrected chi connectivity index (χ4v) is 6.33. The molecule has 6 nitrogen and oxygen atoms in total. The summed E-state index contributed by atoms with van der Waals surface area (Å²) in [6.45, 7) is 24.2.